The van der Waals surface area contributed by atoms with Crippen molar-refractivity contribution in [3.8, 4) is 0 Å². The van der Waals surface area contributed by atoms with Crippen molar-refractivity contribution in [2.24, 2.45) is 0 Å². The molecular formula is C13H26O6. The number of rotatable bonds is 12. The average Bonchev–Trinajstić information content (AvgIpc) is 2.42. The van der Waals surface area contributed by atoms with Gasteiger partial charge in [0.05, 0.1) is 19.3 Å². The summed E-state index contributed by atoms with van der Waals surface area (Å²) in [6.45, 7) is 5.69. The molecule has 4 N–H and O–H groups in total. The molecule has 1 unspecified atom stereocenters. The first-order valence-corrected chi connectivity index (χ1v) is 6.55. The second kappa shape index (κ2) is 11.3. The van der Waals surface area contributed by atoms with Crippen LogP contribution in [0.4, 0.5) is 0 Å². The van der Waals surface area contributed by atoms with Crippen LogP contribution < -0.4 is 0 Å². The van der Waals surface area contributed by atoms with Crippen LogP contribution in [0.2, 0.25) is 0 Å². The van der Waals surface area contributed by atoms with E-state index in [0.717, 1.165) is 0 Å². The quantitative estimate of drug-likeness (QED) is 0.224. The molecule has 0 aliphatic heterocycles. The van der Waals surface area contributed by atoms with E-state index in [0.29, 0.717) is 32.5 Å². The molecule has 0 spiro atoms. The molecule has 4 atom stereocenters. The molecule has 0 saturated heterocycles. The molecule has 0 fully saturated rings. The Kier molecular flexibility index (Phi) is 11.0. The third kappa shape index (κ3) is 8.30. The molecule has 0 amide bonds. The monoisotopic (exact) mass is 278 g/mol. The van der Waals surface area contributed by atoms with Gasteiger partial charge in [-0.05, 0) is 12.8 Å². The third-order valence-electron chi connectivity index (χ3n) is 2.67. The molecule has 0 aromatic rings. The van der Waals surface area contributed by atoms with Crippen LogP contribution in [0.5, 0.6) is 0 Å². The van der Waals surface area contributed by atoms with Gasteiger partial charge in [0.15, 0.2) is 6.29 Å². The Balaban J connectivity index is 3.92. The molecule has 0 aromatic heterocycles. The first-order chi connectivity index (χ1) is 9.06. The van der Waals surface area contributed by atoms with E-state index in [9.17, 15) is 15.3 Å². The van der Waals surface area contributed by atoms with Gasteiger partial charge in [0.1, 0.15) is 12.2 Å². The van der Waals surface area contributed by atoms with Crippen molar-refractivity contribution in [2.45, 2.75) is 50.8 Å². The van der Waals surface area contributed by atoms with Crippen molar-refractivity contribution in [1.82, 2.24) is 0 Å². The van der Waals surface area contributed by atoms with Crippen LogP contribution in [-0.4, -0.2) is 64.8 Å². The van der Waals surface area contributed by atoms with E-state index < -0.39 is 31.2 Å². The Labute approximate surface area is 114 Å². The molecule has 6 heteroatoms. The van der Waals surface area contributed by atoms with Crippen LogP contribution in [0.15, 0.2) is 12.7 Å². The van der Waals surface area contributed by atoms with Crippen molar-refractivity contribution in [3.05, 3.63) is 12.7 Å². The summed E-state index contributed by atoms with van der Waals surface area (Å²) >= 11 is 0. The molecule has 0 aromatic carbocycles. The van der Waals surface area contributed by atoms with Crippen LogP contribution in [0.25, 0.3) is 0 Å². The number of hydrogen-bond acceptors (Lipinski definition) is 6. The molecule has 0 saturated carbocycles. The van der Waals surface area contributed by atoms with E-state index in [4.69, 9.17) is 14.6 Å². The lowest BCUT2D eigenvalue weighted by Crippen LogP contribution is -2.42. The molecule has 0 aliphatic rings. The fraction of sp³-hybridized carbons (Fsp3) is 0.846. The predicted molar refractivity (Wildman–Crippen MR) is 70.5 cm³/mol. The fourth-order valence-corrected chi connectivity index (χ4v) is 1.57. The number of hydrogen-bond donors (Lipinski definition) is 4. The van der Waals surface area contributed by atoms with Crippen molar-refractivity contribution < 1.29 is 29.9 Å². The molecule has 0 heterocycles. The minimum absolute atomic E-state index is 0.371. The zero-order valence-electron chi connectivity index (χ0n) is 11.4. The van der Waals surface area contributed by atoms with Crippen LogP contribution in [0.1, 0.15) is 26.2 Å². The van der Waals surface area contributed by atoms with E-state index in [1.54, 1.807) is 13.0 Å². The van der Waals surface area contributed by atoms with Crippen molar-refractivity contribution in [3.63, 3.8) is 0 Å². The molecule has 0 aliphatic carbocycles. The van der Waals surface area contributed by atoms with E-state index in [2.05, 4.69) is 6.58 Å². The molecule has 19 heavy (non-hydrogen) atoms. The zero-order valence-corrected chi connectivity index (χ0v) is 11.4. The maximum Gasteiger partial charge on any atom is 0.155 e. The molecule has 6 nitrogen and oxygen atoms in total. The predicted octanol–water partition coefficient (Wildman–Crippen LogP) is -0.203. The summed E-state index contributed by atoms with van der Waals surface area (Å²) < 4.78 is 10.4. The lowest BCUT2D eigenvalue weighted by atomic mass is 10.1. The van der Waals surface area contributed by atoms with Crippen LogP contribution >= 0.6 is 0 Å². The minimum atomic E-state index is -1.27. The Bertz CT molecular complexity index is 223. The van der Waals surface area contributed by atoms with Gasteiger partial charge in [0, 0.05) is 13.0 Å². The standard InChI is InChI=1S/C13H26O6/c1-3-7-18-8-5-6-12(16)19-11(4-2)13(17)10(15)9-14/h3,10-17H,1,4-9H2,2H3/t10-,11-,12?,13-/m1/s1. The second-order valence-corrected chi connectivity index (χ2v) is 4.28. The van der Waals surface area contributed by atoms with Crippen LogP contribution in [0, 0.1) is 0 Å². The van der Waals surface area contributed by atoms with Gasteiger partial charge in [-0.3, -0.25) is 0 Å². The summed E-state index contributed by atoms with van der Waals surface area (Å²) in [7, 11) is 0. The first-order valence-electron chi connectivity index (χ1n) is 6.55. The Morgan fingerprint density at radius 3 is 2.47 bits per heavy atom. The average molecular weight is 278 g/mol. The van der Waals surface area contributed by atoms with Gasteiger partial charge in [-0.1, -0.05) is 13.0 Å². The zero-order chi connectivity index (χ0) is 14.7. The highest BCUT2D eigenvalue weighted by atomic mass is 16.6. The van der Waals surface area contributed by atoms with Gasteiger partial charge < -0.3 is 29.9 Å². The Hall–Kier alpha value is -0.500. The second-order valence-electron chi connectivity index (χ2n) is 4.28. The maximum atomic E-state index is 9.69. The van der Waals surface area contributed by atoms with Crippen LogP contribution in [0.3, 0.4) is 0 Å². The summed E-state index contributed by atoms with van der Waals surface area (Å²) in [4.78, 5) is 0. The smallest absolute Gasteiger partial charge is 0.155 e. The fourth-order valence-electron chi connectivity index (χ4n) is 1.57. The topological polar surface area (TPSA) is 99.4 Å². The van der Waals surface area contributed by atoms with Gasteiger partial charge >= 0.3 is 0 Å². The Morgan fingerprint density at radius 2 is 1.95 bits per heavy atom. The van der Waals surface area contributed by atoms with E-state index >= 15 is 0 Å². The van der Waals surface area contributed by atoms with Gasteiger partial charge in [0.2, 0.25) is 0 Å². The highest BCUT2D eigenvalue weighted by Crippen LogP contribution is 2.12. The van der Waals surface area contributed by atoms with E-state index in [1.807, 2.05) is 0 Å². The van der Waals surface area contributed by atoms with Crippen molar-refractivity contribution in [2.75, 3.05) is 19.8 Å². The maximum absolute atomic E-state index is 9.69. The van der Waals surface area contributed by atoms with Gasteiger partial charge in [-0.25, -0.2) is 0 Å². The highest BCUT2D eigenvalue weighted by molar-refractivity contribution is 4.75. The highest BCUT2D eigenvalue weighted by Gasteiger charge is 2.27. The van der Waals surface area contributed by atoms with Gasteiger partial charge in [-0.2, -0.15) is 0 Å². The molecule has 114 valence electrons. The molecule has 0 radical (unpaired) electrons. The lowest BCUT2D eigenvalue weighted by Gasteiger charge is -2.27. The molecule has 0 bridgehead atoms. The molecular weight excluding hydrogens is 252 g/mol. The summed E-state index contributed by atoms with van der Waals surface area (Å²) in [5.41, 5.74) is 0. The summed E-state index contributed by atoms with van der Waals surface area (Å²) in [6, 6.07) is 0. The number of ether oxygens (including phenoxy) is 2. The molecule has 0 rings (SSSR count). The van der Waals surface area contributed by atoms with E-state index in [-0.39, 0.29) is 0 Å². The third-order valence-corrected chi connectivity index (χ3v) is 2.67. The van der Waals surface area contributed by atoms with Gasteiger partial charge in [0.25, 0.3) is 0 Å². The van der Waals surface area contributed by atoms with E-state index in [1.165, 1.54) is 0 Å². The summed E-state index contributed by atoms with van der Waals surface area (Å²) in [5, 5.41) is 37.4. The summed E-state index contributed by atoms with van der Waals surface area (Å²) in [5.74, 6) is 0. The number of aliphatic hydroxyl groups is 4. The normalized spacial score (nSPS) is 17.7. The Morgan fingerprint density at radius 1 is 1.26 bits per heavy atom. The largest absolute Gasteiger partial charge is 0.394 e. The minimum Gasteiger partial charge on any atom is -0.394 e. The summed E-state index contributed by atoms with van der Waals surface area (Å²) in [6.07, 6.45) is -1.19. The SMILES string of the molecule is C=CCOCCCC(O)O[C@H](CC)[C@H](O)[C@H](O)CO. The van der Waals surface area contributed by atoms with Gasteiger partial charge in [-0.15, -0.1) is 6.58 Å². The van der Waals surface area contributed by atoms with Crippen molar-refractivity contribution >= 4 is 0 Å². The first kappa shape index (κ1) is 18.5. The lowest BCUT2D eigenvalue weighted by molar-refractivity contribution is -0.187. The number of aliphatic hydroxyl groups excluding tert-OH is 4. The van der Waals surface area contributed by atoms with Crippen molar-refractivity contribution in [1.29, 1.82) is 0 Å². The van der Waals surface area contributed by atoms with Crippen LogP contribution in [-0.2, 0) is 9.47 Å².